The predicted octanol–water partition coefficient (Wildman–Crippen LogP) is 3.30. The standard InChI is InChI=1S/C12H18FNO.ClH/c1-8(2)6-11(14)9-4-5-10(13)12(7-9)15-3;/h4-5,7-8,11H,6,14H2,1-3H3;1H/t11-;/m0./s1. The molecule has 4 heteroatoms. The highest BCUT2D eigenvalue weighted by Gasteiger charge is 2.11. The second-order valence-corrected chi connectivity index (χ2v) is 4.13. The summed E-state index contributed by atoms with van der Waals surface area (Å²) in [7, 11) is 1.45. The van der Waals surface area contributed by atoms with Gasteiger partial charge in [0.25, 0.3) is 0 Å². The summed E-state index contributed by atoms with van der Waals surface area (Å²) >= 11 is 0. The van der Waals surface area contributed by atoms with Crippen molar-refractivity contribution in [2.75, 3.05) is 7.11 Å². The number of hydrogen-bond donors (Lipinski definition) is 1. The largest absolute Gasteiger partial charge is 0.494 e. The third kappa shape index (κ3) is 3.99. The van der Waals surface area contributed by atoms with Gasteiger partial charge in [-0.05, 0) is 30.0 Å². The molecular formula is C12H19ClFNO. The van der Waals surface area contributed by atoms with Crippen molar-refractivity contribution in [3.05, 3.63) is 29.6 Å². The van der Waals surface area contributed by atoms with Crippen molar-refractivity contribution in [2.24, 2.45) is 11.7 Å². The quantitative estimate of drug-likeness (QED) is 0.886. The van der Waals surface area contributed by atoms with Crippen LogP contribution in [0, 0.1) is 11.7 Å². The SMILES string of the molecule is COc1cc([C@@H](N)CC(C)C)ccc1F.Cl. The van der Waals surface area contributed by atoms with E-state index < -0.39 is 0 Å². The molecule has 0 aliphatic carbocycles. The van der Waals surface area contributed by atoms with E-state index in [1.54, 1.807) is 12.1 Å². The molecule has 0 aliphatic heterocycles. The third-order valence-electron chi connectivity index (χ3n) is 2.33. The van der Waals surface area contributed by atoms with Gasteiger partial charge >= 0.3 is 0 Å². The third-order valence-corrected chi connectivity index (χ3v) is 2.33. The Hall–Kier alpha value is -0.800. The van der Waals surface area contributed by atoms with E-state index >= 15 is 0 Å². The van der Waals surface area contributed by atoms with E-state index in [0.29, 0.717) is 5.92 Å². The molecule has 2 N–H and O–H groups in total. The van der Waals surface area contributed by atoms with Crippen LogP contribution >= 0.6 is 12.4 Å². The smallest absolute Gasteiger partial charge is 0.165 e. The van der Waals surface area contributed by atoms with Crippen LogP contribution in [0.3, 0.4) is 0 Å². The fourth-order valence-electron chi connectivity index (χ4n) is 1.55. The Kier molecular flexibility index (Phi) is 6.38. The fourth-order valence-corrected chi connectivity index (χ4v) is 1.55. The number of halogens is 2. The van der Waals surface area contributed by atoms with Crippen LogP contribution in [0.25, 0.3) is 0 Å². The van der Waals surface area contributed by atoms with Crippen LogP contribution in [0.1, 0.15) is 31.9 Å². The van der Waals surface area contributed by atoms with Crippen LogP contribution in [-0.4, -0.2) is 7.11 Å². The van der Waals surface area contributed by atoms with Gasteiger partial charge < -0.3 is 10.5 Å². The molecule has 0 amide bonds. The topological polar surface area (TPSA) is 35.2 Å². The van der Waals surface area contributed by atoms with Gasteiger partial charge in [0.2, 0.25) is 0 Å². The van der Waals surface area contributed by atoms with Gasteiger partial charge in [0.05, 0.1) is 7.11 Å². The Bertz CT molecular complexity index is 331. The van der Waals surface area contributed by atoms with Crippen LogP contribution in [-0.2, 0) is 0 Å². The molecule has 1 aromatic rings. The summed E-state index contributed by atoms with van der Waals surface area (Å²) in [4.78, 5) is 0. The van der Waals surface area contributed by atoms with Crippen molar-refractivity contribution in [2.45, 2.75) is 26.3 Å². The molecule has 0 bridgehead atoms. The number of methoxy groups -OCH3 is 1. The summed E-state index contributed by atoms with van der Waals surface area (Å²) in [6.45, 7) is 4.22. The Labute approximate surface area is 102 Å². The summed E-state index contributed by atoms with van der Waals surface area (Å²) in [5, 5.41) is 0. The van der Waals surface area contributed by atoms with Crippen LogP contribution < -0.4 is 10.5 Å². The molecule has 2 nitrogen and oxygen atoms in total. The van der Waals surface area contributed by atoms with E-state index in [1.807, 2.05) is 0 Å². The number of benzene rings is 1. The molecular weight excluding hydrogens is 229 g/mol. The van der Waals surface area contributed by atoms with Gasteiger partial charge in [0.1, 0.15) is 0 Å². The van der Waals surface area contributed by atoms with Crippen molar-refractivity contribution < 1.29 is 9.13 Å². The number of rotatable bonds is 4. The van der Waals surface area contributed by atoms with Gasteiger partial charge in [0.15, 0.2) is 11.6 Å². The zero-order chi connectivity index (χ0) is 11.4. The average molecular weight is 248 g/mol. The van der Waals surface area contributed by atoms with Crippen molar-refractivity contribution in [1.82, 2.24) is 0 Å². The van der Waals surface area contributed by atoms with Gasteiger partial charge in [-0.2, -0.15) is 0 Å². The first-order chi connectivity index (χ1) is 7.04. The zero-order valence-corrected chi connectivity index (χ0v) is 10.7. The summed E-state index contributed by atoms with van der Waals surface area (Å²) in [5.74, 6) is 0.431. The van der Waals surface area contributed by atoms with Crippen molar-refractivity contribution >= 4 is 12.4 Å². The highest BCUT2D eigenvalue weighted by Crippen LogP contribution is 2.24. The maximum atomic E-state index is 13.1. The first-order valence-corrected chi connectivity index (χ1v) is 5.13. The van der Waals surface area contributed by atoms with E-state index in [4.69, 9.17) is 10.5 Å². The minimum Gasteiger partial charge on any atom is -0.494 e. The molecule has 0 heterocycles. The highest BCUT2D eigenvalue weighted by molar-refractivity contribution is 5.85. The van der Waals surface area contributed by atoms with Crippen molar-refractivity contribution in [3.63, 3.8) is 0 Å². The molecule has 0 radical (unpaired) electrons. The lowest BCUT2D eigenvalue weighted by Gasteiger charge is -2.15. The average Bonchev–Trinajstić information content (AvgIpc) is 2.17. The van der Waals surface area contributed by atoms with Gasteiger partial charge in [0, 0.05) is 6.04 Å². The second kappa shape index (κ2) is 6.71. The lowest BCUT2D eigenvalue weighted by Crippen LogP contribution is -2.13. The van der Waals surface area contributed by atoms with E-state index in [1.165, 1.54) is 13.2 Å². The van der Waals surface area contributed by atoms with E-state index in [0.717, 1.165) is 12.0 Å². The molecule has 1 atom stereocenters. The lowest BCUT2D eigenvalue weighted by molar-refractivity contribution is 0.384. The zero-order valence-electron chi connectivity index (χ0n) is 9.87. The summed E-state index contributed by atoms with van der Waals surface area (Å²) in [5.41, 5.74) is 6.91. The van der Waals surface area contributed by atoms with Crippen LogP contribution in [0.15, 0.2) is 18.2 Å². The minimum atomic E-state index is -0.349. The Balaban J connectivity index is 0.00000225. The molecule has 0 fully saturated rings. The van der Waals surface area contributed by atoms with Crippen LogP contribution in [0.5, 0.6) is 5.75 Å². The fraction of sp³-hybridized carbons (Fsp3) is 0.500. The normalized spacial score (nSPS) is 12.1. The first kappa shape index (κ1) is 15.2. The maximum absolute atomic E-state index is 13.1. The van der Waals surface area contributed by atoms with E-state index in [-0.39, 0.29) is 30.0 Å². The van der Waals surface area contributed by atoms with Crippen molar-refractivity contribution in [1.29, 1.82) is 0 Å². The molecule has 0 saturated carbocycles. The molecule has 0 saturated heterocycles. The first-order valence-electron chi connectivity index (χ1n) is 5.13. The van der Waals surface area contributed by atoms with Gasteiger partial charge in [-0.3, -0.25) is 0 Å². The molecule has 92 valence electrons. The molecule has 0 aliphatic rings. The molecule has 0 aromatic heterocycles. The molecule has 16 heavy (non-hydrogen) atoms. The maximum Gasteiger partial charge on any atom is 0.165 e. The van der Waals surface area contributed by atoms with Crippen LogP contribution in [0.4, 0.5) is 4.39 Å². The molecule has 1 aromatic carbocycles. The number of nitrogens with two attached hydrogens (primary N) is 1. The number of ether oxygens (including phenoxy) is 1. The second-order valence-electron chi connectivity index (χ2n) is 4.13. The van der Waals surface area contributed by atoms with E-state index in [2.05, 4.69) is 13.8 Å². The summed E-state index contributed by atoms with van der Waals surface area (Å²) in [6, 6.07) is 4.72. The Morgan fingerprint density at radius 1 is 1.38 bits per heavy atom. The Morgan fingerprint density at radius 2 is 2.00 bits per heavy atom. The lowest BCUT2D eigenvalue weighted by atomic mass is 9.98. The monoisotopic (exact) mass is 247 g/mol. The van der Waals surface area contributed by atoms with Gasteiger partial charge in [-0.25, -0.2) is 4.39 Å². The van der Waals surface area contributed by atoms with Crippen LogP contribution in [0.2, 0.25) is 0 Å². The summed E-state index contributed by atoms with van der Waals surface area (Å²) in [6.07, 6.45) is 0.884. The highest BCUT2D eigenvalue weighted by atomic mass is 35.5. The molecule has 0 unspecified atom stereocenters. The summed E-state index contributed by atoms with van der Waals surface area (Å²) < 4.78 is 18.0. The predicted molar refractivity (Wildman–Crippen MR) is 66.6 cm³/mol. The van der Waals surface area contributed by atoms with Gasteiger partial charge in [-0.15, -0.1) is 12.4 Å². The van der Waals surface area contributed by atoms with Gasteiger partial charge in [-0.1, -0.05) is 19.9 Å². The number of hydrogen-bond acceptors (Lipinski definition) is 2. The molecule has 0 spiro atoms. The minimum absolute atomic E-state index is 0. The van der Waals surface area contributed by atoms with Crippen molar-refractivity contribution in [3.8, 4) is 5.75 Å². The molecule has 1 rings (SSSR count). The Morgan fingerprint density at radius 3 is 2.50 bits per heavy atom. The van der Waals surface area contributed by atoms with E-state index in [9.17, 15) is 4.39 Å².